The molecule has 0 spiro atoms. The van der Waals surface area contributed by atoms with Crippen molar-refractivity contribution < 1.29 is 28.4 Å². The Morgan fingerprint density at radius 1 is 0.872 bits per heavy atom. The lowest BCUT2D eigenvalue weighted by Gasteiger charge is -2.66. The van der Waals surface area contributed by atoms with Crippen LogP contribution < -0.4 is 0 Å². The average Bonchev–Trinajstić information content (AvgIpc) is 3.30. The van der Waals surface area contributed by atoms with Gasteiger partial charge < -0.3 is 28.4 Å². The fourth-order valence-corrected chi connectivity index (χ4v) is 10.4. The molecule has 0 heterocycles. The van der Waals surface area contributed by atoms with Crippen molar-refractivity contribution in [2.75, 3.05) is 41.7 Å². The predicted octanol–water partition coefficient (Wildman–Crippen LogP) is 6.41. The number of nitrogens with zero attached hydrogens (tertiary/aromatic N) is 1. The highest BCUT2D eigenvalue weighted by Gasteiger charge is 2.68. The highest BCUT2D eigenvalue weighted by Crippen LogP contribution is 2.70. The van der Waals surface area contributed by atoms with Gasteiger partial charge in [0.15, 0.2) is 0 Å². The van der Waals surface area contributed by atoms with Crippen LogP contribution in [-0.2, 0) is 28.4 Å². The van der Waals surface area contributed by atoms with Crippen molar-refractivity contribution in [2.24, 2.45) is 52.3 Å². The topological polar surface area (TPSA) is 79.2 Å². The second-order valence-corrected chi connectivity index (χ2v) is 13.5. The minimum atomic E-state index is 0.0313. The minimum absolute atomic E-state index is 0.0313. The Kier molecular flexibility index (Phi) is 10.8. The van der Waals surface area contributed by atoms with Crippen molar-refractivity contribution >= 4 is 0 Å². The molecule has 224 valence electrons. The Balaban J connectivity index is 1.74. The summed E-state index contributed by atoms with van der Waals surface area (Å²) in [6.07, 6.45) is 9.99. The molecule has 4 saturated carbocycles. The van der Waals surface area contributed by atoms with Crippen LogP contribution in [0, 0.1) is 63.6 Å². The summed E-state index contributed by atoms with van der Waals surface area (Å²) in [6.45, 7) is 10.8. The lowest BCUT2D eigenvalue weighted by Crippen LogP contribution is -2.66. The van der Waals surface area contributed by atoms with E-state index in [0.717, 1.165) is 32.1 Å². The molecule has 7 heteroatoms. The second kappa shape index (κ2) is 13.5. The molecule has 0 aromatic heterocycles. The maximum atomic E-state index is 9.32. The van der Waals surface area contributed by atoms with E-state index in [-0.39, 0.29) is 29.1 Å². The van der Waals surface area contributed by atoms with Crippen LogP contribution in [0.2, 0.25) is 0 Å². The first kappa shape index (κ1) is 31.2. The second-order valence-electron chi connectivity index (χ2n) is 13.5. The highest BCUT2D eigenvalue weighted by atomic mass is 16.7. The van der Waals surface area contributed by atoms with Crippen molar-refractivity contribution in [1.29, 1.82) is 5.26 Å². The van der Waals surface area contributed by atoms with Gasteiger partial charge in [0.1, 0.15) is 20.4 Å². The molecule has 0 bridgehead atoms. The first-order valence-corrected chi connectivity index (χ1v) is 15.5. The van der Waals surface area contributed by atoms with Crippen LogP contribution in [-0.4, -0.2) is 60.0 Å². The zero-order valence-corrected chi connectivity index (χ0v) is 25.7. The van der Waals surface area contributed by atoms with Crippen LogP contribution in [0.15, 0.2) is 0 Å². The summed E-state index contributed by atoms with van der Waals surface area (Å²) in [4.78, 5) is 0. The SMILES string of the molecule is CC[C@H]1[C@@H](OCOC)[C@@H]2[C@H](C[C@H](OCOC)[C@]3(C)[C@@H]([C@H](C)CCC#N)CC[C@@H]23)[C@@]2(C)CC[C@@H](OCOC)C[C@@H]12. The van der Waals surface area contributed by atoms with E-state index in [9.17, 15) is 5.26 Å². The Morgan fingerprint density at radius 3 is 2.23 bits per heavy atom. The van der Waals surface area contributed by atoms with Gasteiger partial charge in [0.2, 0.25) is 0 Å². The van der Waals surface area contributed by atoms with Gasteiger partial charge in [0.25, 0.3) is 0 Å². The summed E-state index contributed by atoms with van der Waals surface area (Å²) < 4.78 is 35.9. The smallest absolute Gasteiger partial charge is 0.146 e. The molecule has 0 radical (unpaired) electrons. The van der Waals surface area contributed by atoms with Gasteiger partial charge in [-0.2, -0.15) is 5.26 Å². The molecule has 4 fully saturated rings. The van der Waals surface area contributed by atoms with Crippen LogP contribution in [0.3, 0.4) is 0 Å². The van der Waals surface area contributed by atoms with Crippen LogP contribution >= 0.6 is 0 Å². The molecule has 4 aliphatic rings. The molecule has 12 atom stereocenters. The lowest BCUT2D eigenvalue weighted by molar-refractivity contribution is -0.267. The van der Waals surface area contributed by atoms with Gasteiger partial charge in [0, 0.05) is 33.2 Å². The molecule has 0 amide bonds. The van der Waals surface area contributed by atoms with E-state index in [1.807, 2.05) is 0 Å². The monoisotopic (exact) mass is 549 g/mol. The normalized spacial score (nSPS) is 44.2. The van der Waals surface area contributed by atoms with Gasteiger partial charge >= 0.3 is 0 Å². The summed E-state index contributed by atoms with van der Waals surface area (Å²) in [5, 5.41) is 9.32. The molecule has 4 rings (SSSR count). The van der Waals surface area contributed by atoms with E-state index in [1.165, 1.54) is 19.3 Å². The number of ether oxygens (including phenoxy) is 6. The van der Waals surface area contributed by atoms with Crippen LogP contribution in [0.25, 0.3) is 0 Å². The average molecular weight is 550 g/mol. The minimum Gasteiger partial charge on any atom is -0.359 e. The maximum absolute atomic E-state index is 9.32. The first-order chi connectivity index (χ1) is 18.8. The van der Waals surface area contributed by atoms with E-state index >= 15 is 0 Å². The number of fused-ring (bicyclic) bond motifs is 5. The molecule has 0 unspecified atom stereocenters. The fourth-order valence-electron chi connectivity index (χ4n) is 10.4. The predicted molar refractivity (Wildman–Crippen MR) is 149 cm³/mol. The Hall–Kier alpha value is -0.750. The lowest BCUT2D eigenvalue weighted by atomic mass is 9.40. The quantitative estimate of drug-likeness (QED) is 0.246. The zero-order valence-electron chi connectivity index (χ0n) is 25.7. The number of methoxy groups -OCH3 is 3. The van der Waals surface area contributed by atoms with Gasteiger partial charge in [-0.1, -0.05) is 34.1 Å². The van der Waals surface area contributed by atoms with E-state index in [1.54, 1.807) is 21.3 Å². The third kappa shape index (κ3) is 5.68. The van der Waals surface area contributed by atoms with Gasteiger partial charge in [-0.3, -0.25) is 0 Å². The van der Waals surface area contributed by atoms with E-state index in [0.29, 0.717) is 68.2 Å². The number of nitriles is 1. The largest absolute Gasteiger partial charge is 0.359 e. The van der Waals surface area contributed by atoms with Gasteiger partial charge in [-0.15, -0.1) is 0 Å². The van der Waals surface area contributed by atoms with E-state index in [2.05, 4.69) is 33.8 Å². The van der Waals surface area contributed by atoms with Crippen molar-refractivity contribution in [1.82, 2.24) is 0 Å². The van der Waals surface area contributed by atoms with Crippen LogP contribution in [0.1, 0.15) is 85.5 Å². The van der Waals surface area contributed by atoms with Crippen molar-refractivity contribution in [3.8, 4) is 6.07 Å². The van der Waals surface area contributed by atoms with E-state index in [4.69, 9.17) is 28.4 Å². The molecule has 0 aliphatic heterocycles. The fraction of sp³-hybridized carbons (Fsp3) is 0.969. The molecular formula is C32H55NO6. The van der Waals surface area contributed by atoms with Gasteiger partial charge in [0.05, 0.1) is 24.4 Å². The maximum Gasteiger partial charge on any atom is 0.146 e. The molecule has 0 aromatic rings. The molecular weight excluding hydrogens is 494 g/mol. The Bertz CT molecular complexity index is 819. The Morgan fingerprint density at radius 2 is 1.56 bits per heavy atom. The first-order valence-electron chi connectivity index (χ1n) is 15.5. The van der Waals surface area contributed by atoms with Crippen LogP contribution in [0.5, 0.6) is 0 Å². The Labute approximate surface area is 237 Å². The van der Waals surface area contributed by atoms with E-state index < -0.39 is 0 Å². The summed E-state index contributed by atoms with van der Waals surface area (Å²) in [6, 6.07) is 2.39. The highest BCUT2D eigenvalue weighted by molar-refractivity contribution is 5.16. The molecule has 0 saturated heterocycles. The summed E-state index contributed by atoms with van der Waals surface area (Å²) in [7, 11) is 5.17. The number of hydrogen-bond donors (Lipinski definition) is 0. The third-order valence-corrected chi connectivity index (χ3v) is 12.1. The van der Waals surface area contributed by atoms with Crippen molar-refractivity contribution in [3.63, 3.8) is 0 Å². The molecule has 0 aromatic carbocycles. The third-order valence-electron chi connectivity index (χ3n) is 12.1. The van der Waals surface area contributed by atoms with Crippen molar-refractivity contribution in [2.45, 2.75) is 104 Å². The van der Waals surface area contributed by atoms with Gasteiger partial charge in [-0.05, 0) is 91.8 Å². The number of hydrogen-bond acceptors (Lipinski definition) is 7. The molecule has 4 aliphatic carbocycles. The molecule has 0 N–H and O–H groups in total. The summed E-state index contributed by atoms with van der Waals surface area (Å²) in [5.41, 5.74) is 0.245. The summed E-state index contributed by atoms with van der Waals surface area (Å²) >= 11 is 0. The molecule has 7 nitrogen and oxygen atoms in total. The number of rotatable bonds is 13. The zero-order chi connectivity index (χ0) is 28.2. The molecule has 39 heavy (non-hydrogen) atoms. The standard InChI is InChI=1S/C32H55NO6/c1-8-23-26-16-22(37-18-34-5)13-14-31(26,3)27-17-28(38-19-35-6)32(4)24(21(2)10-9-15-33)11-12-25(32)29(27)30(23)39-20-36-7/h21-30H,8-14,16-20H2,1-7H3/t21-,22-,23-,24-,25+,26+,27+,28+,29+,30-,31+,32-/m1/s1. The van der Waals surface area contributed by atoms with Crippen LogP contribution in [0.4, 0.5) is 0 Å². The van der Waals surface area contributed by atoms with Crippen molar-refractivity contribution in [3.05, 3.63) is 0 Å². The summed E-state index contributed by atoms with van der Waals surface area (Å²) in [5.74, 6) is 3.53. The van der Waals surface area contributed by atoms with Gasteiger partial charge in [-0.25, -0.2) is 0 Å².